The Labute approximate surface area is 130 Å². The third kappa shape index (κ3) is 2.42. The van der Waals surface area contributed by atoms with Gasteiger partial charge in [-0.25, -0.2) is 0 Å². The third-order valence-electron chi connectivity index (χ3n) is 5.83. The van der Waals surface area contributed by atoms with Crippen molar-refractivity contribution in [2.75, 3.05) is 19.8 Å². The van der Waals surface area contributed by atoms with Gasteiger partial charge in [-0.15, -0.1) is 0 Å². The zero-order chi connectivity index (χ0) is 16.1. The predicted molar refractivity (Wildman–Crippen MR) is 78.1 cm³/mol. The number of amides is 1. The van der Waals surface area contributed by atoms with Gasteiger partial charge in [0.15, 0.2) is 0 Å². The minimum Gasteiger partial charge on any atom is -0.481 e. The Bertz CT molecular complexity index is 477. The molecule has 0 aromatic rings. The van der Waals surface area contributed by atoms with Crippen molar-refractivity contribution in [3.05, 3.63) is 0 Å². The summed E-state index contributed by atoms with van der Waals surface area (Å²) >= 11 is 0. The quantitative estimate of drug-likeness (QED) is 0.802. The Hall–Kier alpha value is -1.14. The summed E-state index contributed by atoms with van der Waals surface area (Å²) in [4.78, 5) is 26.0. The van der Waals surface area contributed by atoms with Gasteiger partial charge in [0.05, 0.1) is 37.2 Å². The molecule has 1 amide bonds. The van der Waals surface area contributed by atoms with Crippen LogP contribution in [0.3, 0.4) is 0 Å². The molecule has 0 spiro atoms. The van der Waals surface area contributed by atoms with E-state index in [0.29, 0.717) is 19.8 Å². The highest BCUT2D eigenvalue weighted by molar-refractivity contribution is 5.91. The van der Waals surface area contributed by atoms with Crippen molar-refractivity contribution in [2.24, 2.45) is 23.2 Å². The summed E-state index contributed by atoms with van der Waals surface area (Å²) in [6.45, 7) is 5.10. The van der Waals surface area contributed by atoms with E-state index in [1.165, 1.54) is 0 Å². The minimum absolute atomic E-state index is 0.0504. The summed E-state index contributed by atoms with van der Waals surface area (Å²) in [6, 6.07) is -0.121. The normalized spacial score (nSPS) is 40.5. The number of carboxylic acids is 1. The molecule has 0 aromatic carbocycles. The zero-order valence-electron chi connectivity index (χ0n) is 13.2. The molecule has 1 aliphatic heterocycles. The molecule has 6 nitrogen and oxygen atoms in total. The Morgan fingerprint density at radius 1 is 1.23 bits per heavy atom. The number of rotatable bonds is 3. The molecule has 124 valence electrons. The molecular weight excluding hydrogens is 286 g/mol. The lowest BCUT2D eigenvalue weighted by Crippen LogP contribution is -2.54. The fraction of sp³-hybridized carbons (Fsp3) is 0.875. The van der Waals surface area contributed by atoms with Crippen molar-refractivity contribution in [2.45, 2.75) is 45.3 Å². The summed E-state index contributed by atoms with van der Waals surface area (Å²) < 4.78 is 5.53. The second-order valence-corrected chi connectivity index (χ2v) is 7.45. The van der Waals surface area contributed by atoms with Gasteiger partial charge in [0.1, 0.15) is 0 Å². The van der Waals surface area contributed by atoms with E-state index >= 15 is 0 Å². The molecule has 2 saturated carbocycles. The van der Waals surface area contributed by atoms with Crippen molar-refractivity contribution in [3.8, 4) is 0 Å². The van der Waals surface area contributed by atoms with E-state index in [0.717, 1.165) is 19.3 Å². The standard InChI is InChI=1S/C16H25NO5/c1-16(2)12(13(16)15(20)21)14(19)17-6-7-22-8-10(17)9-4-3-5-11(9)18/h9-13,18H,3-8H2,1-2H3,(H,20,21)/t9?,10?,11?,12-,13+/m1/s1. The number of aliphatic carboxylic acids is 1. The van der Waals surface area contributed by atoms with Crippen LogP contribution in [0.5, 0.6) is 0 Å². The largest absolute Gasteiger partial charge is 0.481 e. The molecule has 2 aliphatic carbocycles. The number of ether oxygens (including phenoxy) is 1. The summed E-state index contributed by atoms with van der Waals surface area (Å²) in [6.07, 6.45) is 2.26. The van der Waals surface area contributed by atoms with Crippen LogP contribution in [0, 0.1) is 23.2 Å². The molecule has 3 unspecified atom stereocenters. The fourth-order valence-corrected chi connectivity index (χ4v) is 4.41. The molecule has 3 rings (SSSR count). The molecule has 0 bridgehead atoms. The van der Waals surface area contributed by atoms with E-state index in [-0.39, 0.29) is 24.0 Å². The second kappa shape index (κ2) is 5.49. The lowest BCUT2D eigenvalue weighted by Gasteiger charge is -2.40. The molecule has 0 radical (unpaired) electrons. The maximum atomic E-state index is 12.9. The van der Waals surface area contributed by atoms with E-state index in [1.54, 1.807) is 4.90 Å². The Morgan fingerprint density at radius 2 is 1.95 bits per heavy atom. The van der Waals surface area contributed by atoms with E-state index in [4.69, 9.17) is 4.74 Å². The van der Waals surface area contributed by atoms with Gasteiger partial charge in [-0.3, -0.25) is 9.59 Å². The second-order valence-electron chi connectivity index (χ2n) is 7.45. The first kappa shape index (κ1) is 15.7. The predicted octanol–water partition coefficient (Wildman–Crippen LogP) is 0.732. The van der Waals surface area contributed by atoms with Crippen LogP contribution in [0.15, 0.2) is 0 Å². The van der Waals surface area contributed by atoms with Gasteiger partial charge in [0, 0.05) is 12.5 Å². The lowest BCUT2D eigenvalue weighted by molar-refractivity contribution is -0.148. The SMILES string of the molecule is CC1(C)[C@H](C(=O)O)[C@@H]1C(=O)N1CCOCC1C1CCCC1O. The van der Waals surface area contributed by atoms with Crippen LogP contribution in [0.2, 0.25) is 0 Å². The van der Waals surface area contributed by atoms with Crippen molar-refractivity contribution in [1.82, 2.24) is 4.90 Å². The lowest BCUT2D eigenvalue weighted by atomic mass is 9.93. The molecule has 0 aromatic heterocycles. The van der Waals surface area contributed by atoms with Gasteiger partial charge in [0.2, 0.25) is 5.91 Å². The number of carboxylic acid groups (broad SMARTS) is 1. The number of hydrogen-bond donors (Lipinski definition) is 2. The fourth-order valence-electron chi connectivity index (χ4n) is 4.41. The van der Waals surface area contributed by atoms with Crippen molar-refractivity contribution < 1.29 is 24.5 Å². The number of nitrogens with zero attached hydrogens (tertiary/aromatic N) is 1. The zero-order valence-corrected chi connectivity index (χ0v) is 13.2. The smallest absolute Gasteiger partial charge is 0.307 e. The van der Waals surface area contributed by atoms with E-state index < -0.39 is 23.2 Å². The van der Waals surface area contributed by atoms with Crippen molar-refractivity contribution >= 4 is 11.9 Å². The van der Waals surface area contributed by atoms with Crippen LogP contribution < -0.4 is 0 Å². The van der Waals surface area contributed by atoms with Crippen LogP contribution in [0.4, 0.5) is 0 Å². The molecule has 22 heavy (non-hydrogen) atoms. The number of aliphatic hydroxyl groups is 1. The summed E-state index contributed by atoms with van der Waals surface area (Å²) in [5, 5.41) is 19.4. The Kier molecular flexibility index (Phi) is 3.93. The van der Waals surface area contributed by atoms with Gasteiger partial charge in [-0.05, 0) is 18.3 Å². The number of morpholine rings is 1. The average Bonchev–Trinajstić information content (AvgIpc) is 2.81. The van der Waals surface area contributed by atoms with E-state index in [9.17, 15) is 19.8 Å². The summed E-state index contributed by atoms with van der Waals surface area (Å²) in [7, 11) is 0. The first-order chi connectivity index (χ1) is 10.4. The van der Waals surface area contributed by atoms with Gasteiger partial charge >= 0.3 is 5.97 Å². The number of hydrogen-bond acceptors (Lipinski definition) is 4. The average molecular weight is 311 g/mol. The molecule has 2 N–H and O–H groups in total. The Morgan fingerprint density at radius 3 is 2.50 bits per heavy atom. The molecule has 3 fully saturated rings. The van der Waals surface area contributed by atoms with E-state index in [1.807, 2.05) is 13.8 Å². The number of aliphatic hydroxyl groups excluding tert-OH is 1. The van der Waals surface area contributed by atoms with Crippen LogP contribution >= 0.6 is 0 Å². The highest BCUT2D eigenvalue weighted by atomic mass is 16.5. The van der Waals surface area contributed by atoms with Gasteiger partial charge < -0.3 is 19.8 Å². The molecule has 6 heteroatoms. The van der Waals surface area contributed by atoms with Crippen molar-refractivity contribution in [3.63, 3.8) is 0 Å². The third-order valence-corrected chi connectivity index (χ3v) is 5.83. The van der Waals surface area contributed by atoms with Crippen LogP contribution in [0.25, 0.3) is 0 Å². The topological polar surface area (TPSA) is 87.1 Å². The molecule has 3 aliphatic rings. The van der Waals surface area contributed by atoms with Gasteiger partial charge in [-0.2, -0.15) is 0 Å². The summed E-state index contributed by atoms with van der Waals surface area (Å²) in [5.74, 6) is -1.98. The van der Waals surface area contributed by atoms with Gasteiger partial charge in [0.25, 0.3) is 0 Å². The molecular formula is C16H25NO5. The van der Waals surface area contributed by atoms with Crippen LogP contribution in [0.1, 0.15) is 33.1 Å². The van der Waals surface area contributed by atoms with Crippen molar-refractivity contribution in [1.29, 1.82) is 0 Å². The monoisotopic (exact) mass is 311 g/mol. The molecule has 5 atom stereocenters. The Balaban J connectivity index is 1.77. The number of carbonyl (C=O) groups is 2. The van der Waals surface area contributed by atoms with Crippen LogP contribution in [-0.2, 0) is 14.3 Å². The molecule has 1 saturated heterocycles. The number of carbonyl (C=O) groups excluding carboxylic acids is 1. The van der Waals surface area contributed by atoms with Gasteiger partial charge in [-0.1, -0.05) is 20.3 Å². The molecule has 1 heterocycles. The summed E-state index contributed by atoms with van der Waals surface area (Å²) in [5.41, 5.74) is -0.486. The highest BCUT2D eigenvalue weighted by Crippen LogP contribution is 2.59. The van der Waals surface area contributed by atoms with E-state index in [2.05, 4.69) is 0 Å². The maximum absolute atomic E-state index is 12.9. The van der Waals surface area contributed by atoms with Crippen LogP contribution in [-0.4, -0.2) is 58.9 Å². The first-order valence-corrected chi connectivity index (χ1v) is 8.14. The highest BCUT2D eigenvalue weighted by Gasteiger charge is 2.67. The minimum atomic E-state index is -0.894. The maximum Gasteiger partial charge on any atom is 0.307 e. The first-order valence-electron chi connectivity index (χ1n) is 8.14.